The van der Waals surface area contributed by atoms with E-state index in [1.165, 1.54) is 20.8 Å². The predicted octanol–water partition coefficient (Wildman–Crippen LogP) is 1.11. The summed E-state index contributed by atoms with van der Waals surface area (Å²) in [4.78, 5) is 11.6. The Balaban J connectivity index is 2.90. The Labute approximate surface area is 109 Å². The minimum Gasteiger partial charge on any atom is -0.443 e. The molecule has 1 saturated heterocycles. The Morgan fingerprint density at radius 2 is 1.89 bits per heavy atom. The first-order valence-corrected chi connectivity index (χ1v) is 6.62. The van der Waals surface area contributed by atoms with Gasteiger partial charge in [0.05, 0.1) is 6.54 Å². The van der Waals surface area contributed by atoms with Crippen LogP contribution in [-0.4, -0.2) is 50.3 Å². The van der Waals surface area contributed by atoms with Gasteiger partial charge < -0.3 is 9.47 Å². The van der Waals surface area contributed by atoms with Crippen molar-refractivity contribution in [1.29, 1.82) is 0 Å². The summed E-state index contributed by atoms with van der Waals surface area (Å²) >= 11 is 0. The lowest BCUT2D eigenvalue weighted by molar-refractivity contribution is -0.263. The van der Waals surface area contributed by atoms with Crippen LogP contribution in [0.1, 0.15) is 20.8 Å². The van der Waals surface area contributed by atoms with Gasteiger partial charge in [-0.05, 0) is 20.8 Å². The summed E-state index contributed by atoms with van der Waals surface area (Å²) in [5, 5.41) is 0. The molecule has 112 valence electrons. The van der Waals surface area contributed by atoms with Crippen molar-refractivity contribution in [3.63, 3.8) is 0 Å². The molecule has 1 aliphatic heterocycles. The summed E-state index contributed by atoms with van der Waals surface area (Å²) in [5.41, 5.74) is -0.964. The highest BCUT2D eigenvalue weighted by Gasteiger charge is 2.54. The number of carbonyl (C=O) groups is 1. The van der Waals surface area contributed by atoms with Gasteiger partial charge in [-0.3, -0.25) is 0 Å². The summed E-state index contributed by atoms with van der Waals surface area (Å²) in [6, 6.07) is 0. The van der Waals surface area contributed by atoms with Gasteiger partial charge in [0, 0.05) is 7.11 Å². The summed E-state index contributed by atoms with van der Waals surface area (Å²) in [7, 11) is -3.90. The first kappa shape index (κ1) is 16.1. The Morgan fingerprint density at radius 3 is 2.32 bits per heavy atom. The Kier molecular flexibility index (Phi) is 4.09. The van der Waals surface area contributed by atoms with Crippen LogP contribution in [0.2, 0.25) is 0 Å². The van der Waals surface area contributed by atoms with E-state index < -0.39 is 40.8 Å². The van der Waals surface area contributed by atoms with Crippen LogP contribution in [0.5, 0.6) is 0 Å². The molecule has 1 unspecified atom stereocenters. The number of hydrogen-bond donors (Lipinski definition) is 0. The van der Waals surface area contributed by atoms with Crippen LogP contribution in [0.3, 0.4) is 0 Å². The Morgan fingerprint density at radius 1 is 1.37 bits per heavy atom. The van der Waals surface area contributed by atoms with Crippen LogP contribution < -0.4 is 0 Å². The molecule has 0 radical (unpaired) electrons. The fourth-order valence-electron chi connectivity index (χ4n) is 1.24. The zero-order valence-corrected chi connectivity index (χ0v) is 11.7. The zero-order valence-electron chi connectivity index (χ0n) is 10.8. The molecule has 1 atom stereocenters. The molecule has 0 spiro atoms. The maximum Gasteiger partial charge on any atom is 0.425 e. The van der Waals surface area contributed by atoms with E-state index in [2.05, 4.69) is 8.92 Å². The number of amides is 1. The van der Waals surface area contributed by atoms with Gasteiger partial charge in [0.25, 0.3) is 0 Å². The number of carbonyl (C=O) groups excluding carboxylic acids is 1. The molecule has 19 heavy (non-hydrogen) atoms. The van der Waals surface area contributed by atoms with Crippen molar-refractivity contribution in [2.75, 3.05) is 13.7 Å². The third-order valence-electron chi connectivity index (χ3n) is 2.08. The summed E-state index contributed by atoms with van der Waals surface area (Å²) in [6.07, 6.45) is -7.21. The standard InChI is InChI=1S/C9H15F2NO6S/c1-8(2,3)17-7(13)12-5-6(9(10,11)16-4)18-19(12,14)15/h6H,5H2,1-4H3. The predicted molar refractivity (Wildman–Crippen MR) is 58.7 cm³/mol. The third-order valence-corrected chi connectivity index (χ3v) is 3.40. The molecule has 1 rings (SSSR count). The minimum absolute atomic E-state index is 0.107. The van der Waals surface area contributed by atoms with Crippen LogP contribution >= 0.6 is 0 Å². The third kappa shape index (κ3) is 3.74. The molecule has 1 fully saturated rings. The smallest absolute Gasteiger partial charge is 0.425 e. The molecule has 1 amide bonds. The number of rotatable bonds is 2. The van der Waals surface area contributed by atoms with Crippen molar-refractivity contribution in [1.82, 2.24) is 4.31 Å². The first-order chi connectivity index (χ1) is 8.39. The Bertz CT molecular complexity index is 458. The number of hydrogen-bond acceptors (Lipinski definition) is 6. The van der Waals surface area contributed by atoms with Crippen LogP contribution in [0.4, 0.5) is 13.6 Å². The monoisotopic (exact) mass is 303 g/mol. The van der Waals surface area contributed by atoms with Crippen LogP contribution in [0.25, 0.3) is 0 Å². The highest BCUT2D eigenvalue weighted by atomic mass is 32.2. The number of halogens is 2. The van der Waals surface area contributed by atoms with E-state index in [1.807, 2.05) is 0 Å². The van der Waals surface area contributed by atoms with E-state index in [4.69, 9.17) is 4.74 Å². The van der Waals surface area contributed by atoms with Crippen molar-refractivity contribution < 1.29 is 35.6 Å². The average Bonchev–Trinajstić information content (AvgIpc) is 2.52. The normalized spacial score (nSPS) is 23.5. The van der Waals surface area contributed by atoms with E-state index in [-0.39, 0.29) is 4.31 Å². The van der Waals surface area contributed by atoms with Gasteiger partial charge in [-0.2, -0.15) is 21.5 Å². The molecular weight excluding hydrogens is 288 g/mol. The number of nitrogens with zero attached hydrogens (tertiary/aromatic N) is 1. The fraction of sp³-hybridized carbons (Fsp3) is 0.889. The topological polar surface area (TPSA) is 82.1 Å². The van der Waals surface area contributed by atoms with E-state index in [0.717, 1.165) is 0 Å². The zero-order chi connectivity index (χ0) is 15.1. The molecule has 10 heteroatoms. The van der Waals surface area contributed by atoms with Gasteiger partial charge in [-0.15, -0.1) is 0 Å². The first-order valence-electron chi connectivity index (χ1n) is 5.26. The molecule has 0 aliphatic carbocycles. The van der Waals surface area contributed by atoms with Crippen LogP contribution in [0.15, 0.2) is 0 Å². The van der Waals surface area contributed by atoms with Crippen molar-refractivity contribution in [2.45, 2.75) is 38.6 Å². The maximum absolute atomic E-state index is 13.2. The average molecular weight is 303 g/mol. The number of alkyl halides is 2. The molecular formula is C9H15F2NO6S. The lowest BCUT2D eigenvalue weighted by Gasteiger charge is -2.22. The van der Waals surface area contributed by atoms with Gasteiger partial charge in [-0.25, -0.2) is 8.98 Å². The van der Waals surface area contributed by atoms with Gasteiger partial charge >= 0.3 is 22.5 Å². The quantitative estimate of drug-likeness (QED) is 0.760. The second kappa shape index (κ2) is 4.84. The fourth-order valence-corrected chi connectivity index (χ4v) is 2.35. The highest BCUT2D eigenvalue weighted by Crippen LogP contribution is 2.31. The van der Waals surface area contributed by atoms with E-state index in [9.17, 15) is 22.0 Å². The van der Waals surface area contributed by atoms with Gasteiger partial charge in [0.15, 0.2) is 6.10 Å². The number of methoxy groups -OCH3 is 1. The van der Waals surface area contributed by atoms with Crippen molar-refractivity contribution in [3.05, 3.63) is 0 Å². The SMILES string of the molecule is COC(F)(F)C1CN(C(=O)OC(C)(C)C)S(=O)(=O)O1. The van der Waals surface area contributed by atoms with Crippen molar-refractivity contribution in [2.24, 2.45) is 0 Å². The van der Waals surface area contributed by atoms with E-state index in [0.29, 0.717) is 7.11 Å². The van der Waals surface area contributed by atoms with Gasteiger partial charge in [-0.1, -0.05) is 0 Å². The largest absolute Gasteiger partial charge is 0.443 e. The van der Waals surface area contributed by atoms with E-state index >= 15 is 0 Å². The summed E-state index contributed by atoms with van der Waals surface area (Å²) in [5.74, 6) is 0. The molecule has 0 N–H and O–H groups in total. The molecule has 0 bridgehead atoms. The summed E-state index contributed by atoms with van der Waals surface area (Å²) < 4.78 is 62.2. The van der Waals surface area contributed by atoms with Gasteiger partial charge in [0.2, 0.25) is 0 Å². The number of ether oxygens (including phenoxy) is 2. The molecule has 0 aromatic carbocycles. The van der Waals surface area contributed by atoms with Crippen molar-refractivity contribution in [3.8, 4) is 0 Å². The van der Waals surface area contributed by atoms with E-state index in [1.54, 1.807) is 0 Å². The lowest BCUT2D eigenvalue weighted by Crippen LogP contribution is -2.41. The summed E-state index contributed by atoms with van der Waals surface area (Å²) in [6.45, 7) is 3.65. The second-order valence-electron chi connectivity index (χ2n) is 4.82. The van der Waals surface area contributed by atoms with Crippen LogP contribution in [0, 0.1) is 0 Å². The minimum atomic E-state index is -4.60. The second-order valence-corrected chi connectivity index (χ2v) is 6.31. The molecule has 1 aliphatic rings. The molecule has 0 aromatic heterocycles. The van der Waals surface area contributed by atoms with Crippen molar-refractivity contribution >= 4 is 16.4 Å². The van der Waals surface area contributed by atoms with Crippen LogP contribution in [-0.2, 0) is 24.0 Å². The maximum atomic E-state index is 13.2. The highest BCUT2D eigenvalue weighted by molar-refractivity contribution is 7.85. The molecule has 0 saturated carbocycles. The van der Waals surface area contributed by atoms with Gasteiger partial charge in [0.1, 0.15) is 5.60 Å². The molecule has 1 heterocycles. The Hall–Kier alpha value is -1.00. The lowest BCUT2D eigenvalue weighted by atomic mass is 10.2. The molecule has 0 aromatic rings. The molecule has 7 nitrogen and oxygen atoms in total.